The Labute approximate surface area is 169 Å². The third-order valence-electron chi connectivity index (χ3n) is 4.10. The molecule has 0 saturated heterocycles. The molecule has 8 nitrogen and oxygen atoms in total. The summed E-state index contributed by atoms with van der Waals surface area (Å²) in [4.78, 5) is 7.39. The maximum Gasteiger partial charge on any atom is 0.277 e. The van der Waals surface area contributed by atoms with Gasteiger partial charge in [-0.3, -0.25) is 0 Å². The summed E-state index contributed by atoms with van der Waals surface area (Å²) in [5.74, 6) is 1.37. The van der Waals surface area contributed by atoms with Gasteiger partial charge in [-0.2, -0.15) is 5.26 Å². The summed E-state index contributed by atoms with van der Waals surface area (Å²) in [6.07, 6.45) is 0. The van der Waals surface area contributed by atoms with Gasteiger partial charge >= 0.3 is 0 Å². The van der Waals surface area contributed by atoms with Gasteiger partial charge in [-0.25, -0.2) is 4.98 Å². The molecule has 29 heavy (non-hydrogen) atoms. The third kappa shape index (κ3) is 3.93. The second-order valence-corrected chi connectivity index (χ2v) is 6.85. The number of rotatable bonds is 6. The van der Waals surface area contributed by atoms with Crippen LogP contribution in [0.5, 0.6) is 5.75 Å². The van der Waals surface area contributed by atoms with Crippen LogP contribution in [0.1, 0.15) is 5.82 Å². The normalized spacial score (nSPS) is 11.9. The Morgan fingerprint density at radius 1 is 1.21 bits per heavy atom. The molecule has 9 heteroatoms. The van der Waals surface area contributed by atoms with Gasteiger partial charge < -0.3 is 19.2 Å². The van der Waals surface area contributed by atoms with E-state index < -0.39 is 0 Å². The number of aromatic amines is 1. The van der Waals surface area contributed by atoms with E-state index >= 15 is 0 Å². The molecule has 0 fully saturated rings. The van der Waals surface area contributed by atoms with Gasteiger partial charge in [0, 0.05) is 5.56 Å². The fraction of sp³-hybridized carbons (Fsp3) is 0.100. The van der Waals surface area contributed by atoms with Gasteiger partial charge in [0.25, 0.3) is 5.22 Å². The molecular formula is C20H15N5O3S. The van der Waals surface area contributed by atoms with Crippen LogP contribution in [-0.2, 0) is 0 Å². The third-order valence-corrected chi connectivity index (χ3v) is 4.93. The molecular weight excluding hydrogens is 390 g/mol. The number of H-pyrrole nitrogens is 1. The number of ether oxygens (including phenoxy) is 1. The molecule has 0 atom stereocenters. The van der Waals surface area contributed by atoms with E-state index in [9.17, 15) is 10.4 Å². The molecule has 4 aromatic rings. The summed E-state index contributed by atoms with van der Waals surface area (Å²) in [5.41, 5.74) is 2.34. The predicted molar refractivity (Wildman–Crippen MR) is 108 cm³/mol. The molecule has 0 spiro atoms. The standard InChI is InChI=1S/C20H15N5O3S/c1-27-13-8-6-12(7-9-13)19-24-25-20(28-19)29-11-17(26)14(10-21)18-22-15-4-2-3-5-16(15)23-18/h2-9,26H,11H2,1H3,(H,22,23). The Hall–Kier alpha value is -3.77. The van der Waals surface area contributed by atoms with Crippen LogP contribution in [0.4, 0.5) is 0 Å². The highest BCUT2D eigenvalue weighted by Crippen LogP contribution is 2.27. The summed E-state index contributed by atoms with van der Waals surface area (Å²) in [6, 6.07) is 16.6. The molecule has 2 N–H and O–H groups in total. The summed E-state index contributed by atoms with van der Waals surface area (Å²) in [7, 11) is 1.59. The monoisotopic (exact) mass is 405 g/mol. The number of aromatic nitrogens is 4. The largest absolute Gasteiger partial charge is 0.510 e. The SMILES string of the molecule is COc1ccc(-c2nnc(SCC(O)=C(C#N)c3nc4ccccc4[nH]3)o2)cc1. The number of nitrogens with one attached hydrogen (secondary N) is 1. The van der Waals surface area contributed by atoms with E-state index in [2.05, 4.69) is 20.2 Å². The van der Waals surface area contributed by atoms with Crippen molar-refractivity contribution >= 4 is 28.4 Å². The lowest BCUT2D eigenvalue weighted by Gasteiger charge is -2.00. The first-order valence-corrected chi connectivity index (χ1v) is 9.54. The molecule has 0 amide bonds. The van der Waals surface area contributed by atoms with Gasteiger partial charge in [-0.15, -0.1) is 10.2 Å². The van der Waals surface area contributed by atoms with E-state index in [1.165, 1.54) is 0 Å². The molecule has 0 saturated carbocycles. The highest BCUT2D eigenvalue weighted by Gasteiger charge is 2.15. The van der Waals surface area contributed by atoms with Crippen LogP contribution in [0, 0.1) is 11.3 Å². The first kappa shape index (κ1) is 18.6. The Bertz CT molecular complexity index is 1190. The van der Waals surface area contributed by atoms with E-state index in [0.29, 0.717) is 11.7 Å². The van der Waals surface area contributed by atoms with Crippen LogP contribution in [0.2, 0.25) is 0 Å². The molecule has 2 heterocycles. The Morgan fingerprint density at radius 3 is 2.72 bits per heavy atom. The van der Waals surface area contributed by atoms with Crippen molar-refractivity contribution in [2.75, 3.05) is 12.9 Å². The fourth-order valence-corrected chi connectivity index (χ4v) is 3.29. The summed E-state index contributed by atoms with van der Waals surface area (Å²) in [5, 5.41) is 28.1. The predicted octanol–water partition coefficient (Wildman–Crippen LogP) is 4.21. The summed E-state index contributed by atoms with van der Waals surface area (Å²) < 4.78 is 10.7. The van der Waals surface area contributed by atoms with Crippen molar-refractivity contribution in [3.8, 4) is 23.3 Å². The van der Waals surface area contributed by atoms with Gasteiger partial charge in [-0.05, 0) is 36.4 Å². The van der Waals surface area contributed by atoms with Gasteiger partial charge in [0.05, 0.1) is 23.9 Å². The molecule has 144 valence electrons. The maximum atomic E-state index is 10.4. The number of allylic oxidation sites excluding steroid dienone is 1. The highest BCUT2D eigenvalue weighted by molar-refractivity contribution is 7.99. The lowest BCUT2D eigenvalue weighted by molar-refractivity contribution is 0.414. The molecule has 0 aliphatic carbocycles. The Morgan fingerprint density at radius 2 is 2.00 bits per heavy atom. The zero-order chi connectivity index (χ0) is 20.2. The number of nitrogens with zero attached hydrogens (tertiary/aromatic N) is 4. The van der Waals surface area contributed by atoms with Crippen molar-refractivity contribution in [2.24, 2.45) is 0 Å². The molecule has 2 aromatic carbocycles. The topological polar surface area (TPSA) is 121 Å². The van der Waals surface area contributed by atoms with Crippen molar-refractivity contribution < 1.29 is 14.3 Å². The van der Waals surface area contributed by atoms with Crippen LogP contribution >= 0.6 is 11.8 Å². The van der Waals surface area contributed by atoms with Crippen molar-refractivity contribution in [1.82, 2.24) is 20.2 Å². The second-order valence-electron chi connectivity index (χ2n) is 5.93. The number of methoxy groups -OCH3 is 1. The van der Waals surface area contributed by atoms with Gasteiger partial charge in [0.15, 0.2) is 5.82 Å². The first-order valence-electron chi connectivity index (χ1n) is 8.56. The Balaban J connectivity index is 1.50. The smallest absolute Gasteiger partial charge is 0.277 e. The number of para-hydroxylation sites is 2. The number of benzene rings is 2. The highest BCUT2D eigenvalue weighted by atomic mass is 32.2. The molecule has 0 aliphatic heterocycles. The quantitative estimate of drug-likeness (QED) is 0.278. The van der Waals surface area contributed by atoms with E-state index in [0.717, 1.165) is 34.1 Å². The molecule has 0 bridgehead atoms. The minimum absolute atomic E-state index is 0.0728. The number of aliphatic hydroxyl groups is 1. The minimum atomic E-state index is -0.124. The zero-order valence-electron chi connectivity index (χ0n) is 15.3. The lowest BCUT2D eigenvalue weighted by Crippen LogP contribution is -1.95. The van der Waals surface area contributed by atoms with Crippen molar-refractivity contribution in [3.05, 3.63) is 60.1 Å². The number of thioether (sulfide) groups is 1. The van der Waals surface area contributed by atoms with Crippen LogP contribution < -0.4 is 4.74 Å². The lowest BCUT2D eigenvalue weighted by atomic mass is 10.2. The molecule has 0 aliphatic rings. The van der Waals surface area contributed by atoms with Crippen LogP contribution in [-0.4, -0.2) is 38.1 Å². The van der Waals surface area contributed by atoms with E-state index in [1.807, 2.05) is 42.5 Å². The number of fused-ring (bicyclic) bond motifs is 1. The number of nitriles is 1. The fourth-order valence-electron chi connectivity index (χ4n) is 2.65. The van der Waals surface area contributed by atoms with Crippen LogP contribution in [0.15, 0.2) is 63.9 Å². The van der Waals surface area contributed by atoms with Crippen molar-refractivity contribution in [2.45, 2.75) is 5.22 Å². The first-order chi connectivity index (χ1) is 14.2. The summed E-state index contributed by atoms with van der Waals surface area (Å²) >= 11 is 1.13. The Kier molecular flexibility index (Phi) is 5.18. The molecule has 4 rings (SSSR count). The minimum Gasteiger partial charge on any atom is -0.510 e. The number of imidazole rings is 1. The average Bonchev–Trinajstić information content (AvgIpc) is 3.40. The molecule has 0 unspecified atom stereocenters. The molecule has 0 radical (unpaired) electrons. The summed E-state index contributed by atoms with van der Waals surface area (Å²) in [6.45, 7) is 0. The van der Waals surface area contributed by atoms with Crippen LogP contribution in [0.3, 0.4) is 0 Å². The van der Waals surface area contributed by atoms with Crippen molar-refractivity contribution in [3.63, 3.8) is 0 Å². The van der Waals surface area contributed by atoms with E-state index in [-0.39, 0.29) is 22.3 Å². The van der Waals surface area contributed by atoms with E-state index in [1.54, 1.807) is 19.2 Å². The van der Waals surface area contributed by atoms with Gasteiger partial charge in [-0.1, -0.05) is 23.9 Å². The maximum absolute atomic E-state index is 10.4. The number of hydrogen-bond donors (Lipinski definition) is 2. The van der Waals surface area contributed by atoms with E-state index in [4.69, 9.17) is 9.15 Å². The zero-order valence-corrected chi connectivity index (χ0v) is 16.1. The average molecular weight is 405 g/mol. The van der Waals surface area contributed by atoms with Crippen LogP contribution in [0.25, 0.3) is 28.1 Å². The van der Waals surface area contributed by atoms with Gasteiger partial charge in [0.2, 0.25) is 5.89 Å². The van der Waals surface area contributed by atoms with Gasteiger partial charge in [0.1, 0.15) is 23.2 Å². The number of hydrogen-bond acceptors (Lipinski definition) is 8. The molecule has 2 aromatic heterocycles. The number of aliphatic hydroxyl groups excluding tert-OH is 1. The second kappa shape index (κ2) is 8.08. The van der Waals surface area contributed by atoms with Crippen molar-refractivity contribution in [1.29, 1.82) is 5.26 Å².